The maximum absolute atomic E-state index is 5.01. The Balaban J connectivity index is 2.06. The number of thiazole rings is 1. The highest BCUT2D eigenvalue weighted by atomic mass is 32.1. The standard InChI is InChI=1S/C17H30N2S/c1-4-9-15-16(12-18-13(3)5-2)20-17(19-15)14-10-7-6-8-11-14/h13-14,18H,4-12H2,1-3H3. The third-order valence-electron chi connectivity index (χ3n) is 4.46. The van der Waals surface area contributed by atoms with Crippen LogP contribution in [0.5, 0.6) is 0 Å². The predicted molar refractivity (Wildman–Crippen MR) is 88.5 cm³/mol. The first-order valence-electron chi connectivity index (χ1n) is 8.46. The molecule has 0 radical (unpaired) electrons. The van der Waals surface area contributed by atoms with Crippen LogP contribution in [0.15, 0.2) is 0 Å². The third-order valence-corrected chi connectivity index (χ3v) is 5.72. The highest BCUT2D eigenvalue weighted by Gasteiger charge is 2.21. The normalized spacial score (nSPS) is 18.4. The average Bonchev–Trinajstić information content (AvgIpc) is 2.89. The average molecular weight is 295 g/mol. The van der Waals surface area contributed by atoms with Crippen LogP contribution in [0.4, 0.5) is 0 Å². The minimum absolute atomic E-state index is 0.602. The zero-order valence-electron chi connectivity index (χ0n) is 13.4. The van der Waals surface area contributed by atoms with E-state index < -0.39 is 0 Å². The molecule has 3 heteroatoms. The largest absolute Gasteiger partial charge is 0.309 e. The molecule has 1 fully saturated rings. The molecule has 0 saturated heterocycles. The molecule has 1 aromatic heterocycles. The fraction of sp³-hybridized carbons (Fsp3) is 0.824. The highest BCUT2D eigenvalue weighted by Crippen LogP contribution is 2.36. The number of rotatable bonds is 7. The summed E-state index contributed by atoms with van der Waals surface area (Å²) in [5.74, 6) is 0.752. The summed E-state index contributed by atoms with van der Waals surface area (Å²) in [7, 11) is 0. The Hall–Kier alpha value is -0.410. The molecule has 1 atom stereocenters. The second-order valence-electron chi connectivity index (χ2n) is 6.20. The van der Waals surface area contributed by atoms with Gasteiger partial charge < -0.3 is 5.32 Å². The van der Waals surface area contributed by atoms with Crippen LogP contribution in [0.25, 0.3) is 0 Å². The Morgan fingerprint density at radius 2 is 2.00 bits per heavy atom. The lowest BCUT2D eigenvalue weighted by Crippen LogP contribution is -2.24. The molecule has 20 heavy (non-hydrogen) atoms. The minimum atomic E-state index is 0.602. The highest BCUT2D eigenvalue weighted by molar-refractivity contribution is 7.11. The second-order valence-corrected chi connectivity index (χ2v) is 7.31. The number of hydrogen-bond donors (Lipinski definition) is 1. The van der Waals surface area contributed by atoms with Crippen molar-refractivity contribution in [2.45, 2.75) is 90.6 Å². The van der Waals surface area contributed by atoms with Crippen molar-refractivity contribution in [3.05, 3.63) is 15.6 Å². The molecule has 1 aromatic rings. The Labute approximate surface area is 128 Å². The summed E-state index contributed by atoms with van der Waals surface area (Å²) in [6, 6.07) is 0.602. The summed E-state index contributed by atoms with van der Waals surface area (Å²) in [6.45, 7) is 7.77. The topological polar surface area (TPSA) is 24.9 Å². The van der Waals surface area contributed by atoms with Gasteiger partial charge in [-0.05, 0) is 32.6 Å². The Morgan fingerprint density at radius 1 is 1.25 bits per heavy atom. The number of hydrogen-bond acceptors (Lipinski definition) is 3. The number of nitrogens with one attached hydrogen (secondary N) is 1. The number of aromatic nitrogens is 1. The van der Waals surface area contributed by atoms with Crippen molar-refractivity contribution in [2.75, 3.05) is 0 Å². The molecule has 2 nitrogen and oxygen atoms in total. The lowest BCUT2D eigenvalue weighted by molar-refractivity contribution is 0.442. The van der Waals surface area contributed by atoms with Crippen molar-refractivity contribution < 1.29 is 0 Å². The Kier molecular flexibility index (Phi) is 6.50. The van der Waals surface area contributed by atoms with Gasteiger partial charge in [-0.25, -0.2) is 4.98 Å². The molecule has 2 rings (SSSR count). The second kappa shape index (κ2) is 8.14. The van der Waals surface area contributed by atoms with Gasteiger partial charge in [-0.15, -0.1) is 11.3 Å². The Bertz CT molecular complexity index is 394. The lowest BCUT2D eigenvalue weighted by Gasteiger charge is -2.18. The molecule has 0 aliphatic heterocycles. The van der Waals surface area contributed by atoms with Crippen molar-refractivity contribution in [1.29, 1.82) is 0 Å². The van der Waals surface area contributed by atoms with Gasteiger partial charge in [0.1, 0.15) is 0 Å². The van der Waals surface area contributed by atoms with E-state index in [1.807, 2.05) is 11.3 Å². The van der Waals surface area contributed by atoms with Gasteiger partial charge in [0.25, 0.3) is 0 Å². The third kappa shape index (κ3) is 4.29. The fourth-order valence-electron chi connectivity index (χ4n) is 2.91. The molecule has 1 heterocycles. The van der Waals surface area contributed by atoms with Crippen molar-refractivity contribution >= 4 is 11.3 Å². The SMILES string of the molecule is CCCc1nc(C2CCCCC2)sc1CNC(C)CC. The van der Waals surface area contributed by atoms with Gasteiger partial charge in [-0.1, -0.05) is 39.5 Å². The van der Waals surface area contributed by atoms with E-state index in [2.05, 4.69) is 26.1 Å². The smallest absolute Gasteiger partial charge is 0.0962 e. The lowest BCUT2D eigenvalue weighted by atomic mass is 9.90. The first-order valence-corrected chi connectivity index (χ1v) is 9.28. The van der Waals surface area contributed by atoms with E-state index in [9.17, 15) is 0 Å². The van der Waals surface area contributed by atoms with E-state index in [-0.39, 0.29) is 0 Å². The van der Waals surface area contributed by atoms with Crippen molar-refractivity contribution in [3.8, 4) is 0 Å². The van der Waals surface area contributed by atoms with Crippen LogP contribution < -0.4 is 5.32 Å². The van der Waals surface area contributed by atoms with Gasteiger partial charge in [0.2, 0.25) is 0 Å². The van der Waals surface area contributed by atoms with Gasteiger partial charge >= 0.3 is 0 Å². The first-order chi connectivity index (χ1) is 9.74. The molecule has 0 amide bonds. The molecule has 1 unspecified atom stereocenters. The van der Waals surface area contributed by atoms with Crippen LogP contribution in [0, 0.1) is 0 Å². The van der Waals surface area contributed by atoms with Gasteiger partial charge in [0.15, 0.2) is 0 Å². The van der Waals surface area contributed by atoms with Crippen molar-refractivity contribution in [2.24, 2.45) is 0 Å². The summed E-state index contributed by atoms with van der Waals surface area (Å²) < 4.78 is 0. The predicted octanol–water partition coefficient (Wildman–Crippen LogP) is 5.03. The van der Waals surface area contributed by atoms with Crippen LogP contribution in [0.2, 0.25) is 0 Å². The molecule has 1 N–H and O–H groups in total. The summed E-state index contributed by atoms with van der Waals surface area (Å²) >= 11 is 1.98. The molecule has 0 aromatic carbocycles. The van der Waals surface area contributed by atoms with Crippen LogP contribution in [-0.2, 0) is 13.0 Å². The number of aryl methyl sites for hydroxylation is 1. The fourth-order valence-corrected chi connectivity index (χ4v) is 4.14. The molecule has 114 valence electrons. The maximum atomic E-state index is 5.01. The molecular weight excluding hydrogens is 264 g/mol. The van der Waals surface area contributed by atoms with Gasteiger partial charge in [0, 0.05) is 23.4 Å². The maximum Gasteiger partial charge on any atom is 0.0962 e. The van der Waals surface area contributed by atoms with E-state index >= 15 is 0 Å². The molecule has 1 aliphatic rings. The van der Waals surface area contributed by atoms with E-state index in [4.69, 9.17) is 4.98 Å². The zero-order chi connectivity index (χ0) is 14.4. The summed E-state index contributed by atoms with van der Waals surface area (Å²) in [4.78, 5) is 6.50. The van der Waals surface area contributed by atoms with Crippen LogP contribution >= 0.6 is 11.3 Å². The minimum Gasteiger partial charge on any atom is -0.309 e. The van der Waals surface area contributed by atoms with Crippen LogP contribution in [0.1, 0.15) is 87.2 Å². The van der Waals surface area contributed by atoms with Crippen molar-refractivity contribution in [1.82, 2.24) is 10.3 Å². The molecule has 1 aliphatic carbocycles. The van der Waals surface area contributed by atoms with Gasteiger partial charge in [-0.3, -0.25) is 0 Å². The molecular formula is C17H30N2S. The Morgan fingerprint density at radius 3 is 2.65 bits per heavy atom. The van der Waals surface area contributed by atoms with E-state index in [1.54, 1.807) is 0 Å². The molecule has 0 bridgehead atoms. The summed E-state index contributed by atoms with van der Waals surface area (Å²) in [5, 5.41) is 5.06. The number of nitrogens with zero attached hydrogens (tertiary/aromatic N) is 1. The van der Waals surface area contributed by atoms with E-state index in [1.165, 1.54) is 60.5 Å². The molecule has 1 saturated carbocycles. The van der Waals surface area contributed by atoms with Gasteiger partial charge in [0.05, 0.1) is 10.7 Å². The van der Waals surface area contributed by atoms with E-state index in [0.717, 1.165) is 18.9 Å². The zero-order valence-corrected chi connectivity index (χ0v) is 14.2. The van der Waals surface area contributed by atoms with E-state index in [0.29, 0.717) is 6.04 Å². The van der Waals surface area contributed by atoms with Gasteiger partial charge in [-0.2, -0.15) is 0 Å². The van der Waals surface area contributed by atoms with Crippen LogP contribution in [-0.4, -0.2) is 11.0 Å². The summed E-state index contributed by atoms with van der Waals surface area (Å²) in [6.07, 6.45) is 10.5. The quantitative estimate of drug-likeness (QED) is 0.762. The molecule has 0 spiro atoms. The summed E-state index contributed by atoms with van der Waals surface area (Å²) in [5.41, 5.74) is 1.37. The van der Waals surface area contributed by atoms with Crippen molar-refractivity contribution in [3.63, 3.8) is 0 Å². The van der Waals surface area contributed by atoms with Crippen LogP contribution in [0.3, 0.4) is 0 Å². The first kappa shape index (κ1) is 16.0. The monoisotopic (exact) mass is 294 g/mol.